The number of carbonyl (C=O) groups is 1. The fraction of sp³-hybridized carbons (Fsp3) is 0.455. The average molecular weight is 413 g/mol. The fourth-order valence-electron chi connectivity index (χ4n) is 3.41. The van der Waals surface area contributed by atoms with Crippen LogP contribution in [0.5, 0.6) is 0 Å². The molecule has 0 aliphatic rings. The van der Waals surface area contributed by atoms with Crippen LogP contribution >= 0.6 is 0 Å². The number of nitrogens with zero attached hydrogens (tertiary/aromatic N) is 5. The number of carbonyl (C=O) groups excluding carboxylic acids is 1. The summed E-state index contributed by atoms with van der Waals surface area (Å²) in [5.74, 6) is 0.446. The zero-order valence-corrected chi connectivity index (χ0v) is 17.9. The summed E-state index contributed by atoms with van der Waals surface area (Å²) in [6.07, 6.45) is 3.13. The molecule has 3 aromatic rings. The summed E-state index contributed by atoms with van der Waals surface area (Å²) in [6.45, 7) is 10.0. The van der Waals surface area contributed by atoms with E-state index in [2.05, 4.69) is 37.8 Å². The van der Waals surface area contributed by atoms with Gasteiger partial charge in [0, 0.05) is 26.1 Å². The molecule has 0 saturated carbocycles. The molecule has 0 fully saturated rings. The molecule has 7 nitrogen and oxygen atoms in total. The molecule has 0 saturated heterocycles. The van der Waals surface area contributed by atoms with Crippen molar-refractivity contribution >= 4 is 16.9 Å². The number of rotatable bonds is 8. The Hall–Kier alpha value is -3.03. The lowest BCUT2D eigenvalue weighted by Crippen LogP contribution is -2.37. The van der Waals surface area contributed by atoms with Gasteiger partial charge in [-0.3, -0.25) is 14.2 Å². The largest absolute Gasteiger partial charge is 0.342 e. The molecular weight excluding hydrogens is 385 g/mol. The van der Waals surface area contributed by atoms with Gasteiger partial charge in [0.1, 0.15) is 11.2 Å². The van der Waals surface area contributed by atoms with Gasteiger partial charge in [-0.25, -0.2) is 14.1 Å². The minimum atomic E-state index is -0.348. The summed E-state index contributed by atoms with van der Waals surface area (Å²) in [5.41, 5.74) is 0.764. The van der Waals surface area contributed by atoms with E-state index in [4.69, 9.17) is 0 Å². The van der Waals surface area contributed by atoms with Gasteiger partial charge in [-0.15, -0.1) is 0 Å². The molecule has 0 unspecified atom stereocenters. The molecule has 0 atom stereocenters. The number of hydrogen-bond donors (Lipinski definition) is 0. The lowest BCUT2D eigenvalue weighted by molar-refractivity contribution is -0.132. The second-order valence-electron chi connectivity index (χ2n) is 8.35. The van der Waals surface area contributed by atoms with Crippen LogP contribution in [0.25, 0.3) is 16.7 Å². The summed E-state index contributed by atoms with van der Waals surface area (Å²) >= 11 is 0. The van der Waals surface area contributed by atoms with E-state index in [1.165, 1.54) is 33.9 Å². The van der Waals surface area contributed by atoms with Gasteiger partial charge in [-0.05, 0) is 36.1 Å². The topological polar surface area (TPSA) is 73.0 Å². The van der Waals surface area contributed by atoms with E-state index >= 15 is 0 Å². The highest BCUT2D eigenvalue weighted by Gasteiger charge is 2.17. The SMILES string of the molecule is CC(C)CN(CC(C)C)C(=O)CCn1cnc2c(cnn2-c2ccc(F)cc2)c1=O. The molecule has 0 spiro atoms. The first kappa shape index (κ1) is 21.7. The van der Waals surface area contributed by atoms with E-state index in [9.17, 15) is 14.0 Å². The Morgan fingerprint density at radius 2 is 1.73 bits per heavy atom. The number of aromatic nitrogens is 4. The van der Waals surface area contributed by atoms with Crippen LogP contribution in [0.1, 0.15) is 34.1 Å². The predicted molar refractivity (Wildman–Crippen MR) is 114 cm³/mol. The first-order chi connectivity index (χ1) is 14.3. The number of amides is 1. The third kappa shape index (κ3) is 4.93. The second kappa shape index (κ2) is 9.19. The van der Waals surface area contributed by atoms with Crippen LogP contribution < -0.4 is 5.56 Å². The van der Waals surface area contributed by atoms with Crippen LogP contribution in [-0.2, 0) is 11.3 Å². The number of aryl methyl sites for hydroxylation is 1. The maximum Gasteiger partial charge on any atom is 0.264 e. The van der Waals surface area contributed by atoms with E-state index in [1.807, 2.05) is 4.90 Å². The summed E-state index contributed by atoms with van der Waals surface area (Å²) < 4.78 is 16.1. The van der Waals surface area contributed by atoms with E-state index < -0.39 is 0 Å². The minimum absolute atomic E-state index is 0.0337. The van der Waals surface area contributed by atoms with Gasteiger partial charge in [0.05, 0.1) is 18.2 Å². The molecule has 0 radical (unpaired) electrons. The highest BCUT2D eigenvalue weighted by Crippen LogP contribution is 2.14. The van der Waals surface area contributed by atoms with Crippen LogP contribution in [0.4, 0.5) is 4.39 Å². The molecule has 1 aromatic carbocycles. The maximum absolute atomic E-state index is 13.2. The first-order valence-corrected chi connectivity index (χ1v) is 10.2. The Morgan fingerprint density at radius 3 is 2.33 bits per heavy atom. The van der Waals surface area contributed by atoms with Crippen molar-refractivity contribution in [2.24, 2.45) is 11.8 Å². The highest BCUT2D eigenvalue weighted by atomic mass is 19.1. The molecule has 1 amide bonds. The summed E-state index contributed by atoms with van der Waals surface area (Å²) in [5, 5.41) is 4.59. The Kier molecular flexibility index (Phi) is 6.64. The van der Waals surface area contributed by atoms with Gasteiger partial charge in [0.2, 0.25) is 5.91 Å². The molecule has 160 valence electrons. The zero-order valence-electron chi connectivity index (χ0n) is 17.9. The standard InChI is InChI=1S/C22H28FN5O2/c1-15(2)12-27(13-16(3)4)20(29)9-10-26-14-24-21-19(22(26)30)11-25-28(21)18-7-5-17(23)6-8-18/h5-8,11,14-16H,9-10,12-13H2,1-4H3. The van der Waals surface area contributed by atoms with E-state index in [1.54, 1.807) is 12.1 Å². The minimum Gasteiger partial charge on any atom is -0.342 e. The van der Waals surface area contributed by atoms with E-state index in [0.29, 0.717) is 41.6 Å². The van der Waals surface area contributed by atoms with Crippen molar-refractivity contribution in [2.45, 2.75) is 40.7 Å². The third-order valence-corrected chi connectivity index (χ3v) is 4.72. The Balaban J connectivity index is 1.79. The lowest BCUT2D eigenvalue weighted by atomic mass is 10.1. The van der Waals surface area contributed by atoms with E-state index in [0.717, 1.165) is 0 Å². The molecule has 0 aliphatic heterocycles. The van der Waals surface area contributed by atoms with Crippen molar-refractivity contribution in [1.29, 1.82) is 0 Å². The number of benzene rings is 1. The van der Waals surface area contributed by atoms with Crippen molar-refractivity contribution in [3.8, 4) is 5.69 Å². The summed E-state index contributed by atoms with van der Waals surface area (Å²) in [7, 11) is 0. The number of hydrogen-bond acceptors (Lipinski definition) is 4. The second-order valence-corrected chi connectivity index (χ2v) is 8.35. The number of fused-ring (bicyclic) bond motifs is 1. The Bertz CT molecular complexity index is 1060. The van der Waals surface area contributed by atoms with Gasteiger partial charge >= 0.3 is 0 Å². The molecule has 0 aliphatic carbocycles. The molecule has 8 heteroatoms. The van der Waals surface area contributed by atoms with E-state index in [-0.39, 0.29) is 30.2 Å². The predicted octanol–water partition coefficient (Wildman–Crippen LogP) is 3.25. The van der Waals surface area contributed by atoms with Gasteiger partial charge in [-0.2, -0.15) is 5.10 Å². The third-order valence-electron chi connectivity index (χ3n) is 4.72. The van der Waals surface area contributed by atoms with Crippen LogP contribution in [-0.4, -0.2) is 43.2 Å². The number of halogens is 1. The van der Waals surface area contributed by atoms with Gasteiger partial charge < -0.3 is 4.90 Å². The maximum atomic E-state index is 13.2. The zero-order chi connectivity index (χ0) is 21.8. The highest BCUT2D eigenvalue weighted by molar-refractivity contribution is 5.76. The van der Waals surface area contributed by atoms with Crippen LogP contribution in [0.2, 0.25) is 0 Å². The normalized spacial score (nSPS) is 11.6. The fourth-order valence-corrected chi connectivity index (χ4v) is 3.41. The first-order valence-electron chi connectivity index (χ1n) is 10.2. The van der Waals surface area contributed by atoms with Crippen molar-refractivity contribution in [1.82, 2.24) is 24.2 Å². The van der Waals surface area contributed by atoms with Crippen LogP contribution in [0.3, 0.4) is 0 Å². The van der Waals surface area contributed by atoms with Gasteiger partial charge in [-0.1, -0.05) is 27.7 Å². The average Bonchev–Trinajstić information content (AvgIpc) is 3.11. The van der Waals surface area contributed by atoms with Crippen molar-refractivity contribution in [3.05, 3.63) is 53.0 Å². The molecule has 0 bridgehead atoms. The van der Waals surface area contributed by atoms with Crippen molar-refractivity contribution in [3.63, 3.8) is 0 Å². The summed E-state index contributed by atoms with van der Waals surface area (Å²) in [4.78, 5) is 31.8. The quantitative estimate of drug-likeness (QED) is 0.568. The molecule has 2 aromatic heterocycles. The lowest BCUT2D eigenvalue weighted by Gasteiger charge is -2.26. The monoisotopic (exact) mass is 413 g/mol. The summed E-state index contributed by atoms with van der Waals surface area (Å²) in [6, 6.07) is 5.81. The van der Waals surface area contributed by atoms with Gasteiger partial charge in [0.25, 0.3) is 5.56 Å². The molecule has 30 heavy (non-hydrogen) atoms. The Morgan fingerprint density at radius 1 is 1.10 bits per heavy atom. The molecule has 0 N–H and O–H groups in total. The Labute approximate surface area is 175 Å². The van der Waals surface area contributed by atoms with Crippen molar-refractivity contribution < 1.29 is 9.18 Å². The molecule has 2 heterocycles. The molecular formula is C22H28FN5O2. The van der Waals surface area contributed by atoms with Gasteiger partial charge in [0.15, 0.2) is 5.65 Å². The van der Waals surface area contributed by atoms with Crippen LogP contribution in [0, 0.1) is 17.7 Å². The molecule has 3 rings (SSSR count). The van der Waals surface area contributed by atoms with Crippen LogP contribution in [0.15, 0.2) is 41.6 Å². The van der Waals surface area contributed by atoms with Crippen molar-refractivity contribution in [2.75, 3.05) is 13.1 Å². The smallest absolute Gasteiger partial charge is 0.264 e.